The van der Waals surface area contributed by atoms with Crippen LogP contribution in [0.2, 0.25) is 0 Å². The van der Waals surface area contributed by atoms with Crippen LogP contribution in [0.25, 0.3) is 0 Å². The van der Waals surface area contributed by atoms with E-state index in [9.17, 15) is 14.3 Å². The summed E-state index contributed by atoms with van der Waals surface area (Å²) in [6.45, 7) is 3.01. The Hall–Kier alpha value is -2.47. The fraction of sp³-hybridized carbons (Fsp3) is 0.200. The number of benzene rings is 2. The van der Waals surface area contributed by atoms with Gasteiger partial charge in [-0.1, -0.05) is 52.3 Å². The molecule has 0 aromatic heterocycles. The van der Waals surface area contributed by atoms with E-state index in [1.54, 1.807) is 18.2 Å². The number of halogens is 2. The molecule has 136 valence electrons. The molecule has 0 spiro atoms. The number of alkyl halides is 1. The third-order valence-corrected chi connectivity index (χ3v) is 4.16. The topological polar surface area (TPSA) is 58.9 Å². The number of hydrogen-bond acceptors (Lipinski definition) is 3. The smallest absolute Gasteiger partial charge is 0.335 e. The number of carbonyl (C=O) groups is 1. The molecule has 0 radical (unpaired) electrons. The molecule has 0 saturated heterocycles. The van der Waals surface area contributed by atoms with Crippen molar-refractivity contribution in [1.82, 2.24) is 0 Å². The van der Waals surface area contributed by atoms with Crippen LogP contribution in [0.15, 0.2) is 70.7 Å². The molecule has 2 aromatic rings. The first-order valence-electron chi connectivity index (χ1n) is 7.94. The third kappa shape index (κ3) is 5.26. The first-order chi connectivity index (χ1) is 12.5. The minimum atomic E-state index is -1.52. The highest BCUT2D eigenvalue weighted by Gasteiger charge is 2.35. The maximum absolute atomic E-state index is 12.3. The number of nitrogens with zero attached hydrogens (tertiary/aromatic N) is 1. The van der Waals surface area contributed by atoms with Gasteiger partial charge in [-0.25, -0.2) is 9.18 Å². The van der Waals surface area contributed by atoms with E-state index in [4.69, 9.17) is 4.74 Å². The lowest BCUT2D eigenvalue weighted by molar-refractivity contribution is -0.141. The van der Waals surface area contributed by atoms with Crippen molar-refractivity contribution in [2.24, 2.45) is 4.99 Å². The summed E-state index contributed by atoms with van der Waals surface area (Å²) in [7, 11) is 0. The van der Waals surface area contributed by atoms with E-state index in [-0.39, 0.29) is 13.0 Å². The van der Waals surface area contributed by atoms with Gasteiger partial charge in [0.2, 0.25) is 0 Å². The van der Waals surface area contributed by atoms with Crippen LogP contribution in [0.5, 0.6) is 5.75 Å². The molecule has 0 bridgehead atoms. The minimum absolute atomic E-state index is 0.0619. The summed E-state index contributed by atoms with van der Waals surface area (Å²) in [5.41, 5.74) is -0.0458. The molecule has 0 aliphatic rings. The third-order valence-electron chi connectivity index (χ3n) is 3.70. The maximum atomic E-state index is 12.3. The van der Waals surface area contributed by atoms with E-state index >= 15 is 0 Å². The molecule has 0 saturated carbocycles. The van der Waals surface area contributed by atoms with Crippen molar-refractivity contribution in [2.75, 3.05) is 13.3 Å². The normalized spacial score (nSPS) is 13.3. The molecule has 4 nitrogen and oxygen atoms in total. The standard InChI is InChI=1S/C20H19BrFNO3/c1-2-20(19(24)25,23-14-15-6-4-3-5-7-15)13-16-10-17(21)12-18(11-16)26-9-8-22/h2-7,10-12,14H,1,8-9,13H2,(H,24,25)/t20-/m0/s1. The lowest BCUT2D eigenvalue weighted by Gasteiger charge is -2.22. The number of carboxylic acid groups (broad SMARTS) is 1. The van der Waals surface area contributed by atoms with E-state index < -0.39 is 18.2 Å². The zero-order valence-corrected chi connectivity index (χ0v) is 15.7. The highest BCUT2D eigenvalue weighted by Crippen LogP contribution is 2.27. The molecule has 6 heteroatoms. The van der Waals surface area contributed by atoms with Crippen molar-refractivity contribution in [1.29, 1.82) is 0 Å². The van der Waals surface area contributed by atoms with Crippen molar-refractivity contribution in [2.45, 2.75) is 12.0 Å². The van der Waals surface area contributed by atoms with Gasteiger partial charge in [-0.15, -0.1) is 6.58 Å². The number of aliphatic carboxylic acids is 1. The van der Waals surface area contributed by atoms with Gasteiger partial charge in [0.15, 0.2) is 5.54 Å². The monoisotopic (exact) mass is 419 g/mol. The fourth-order valence-electron chi connectivity index (χ4n) is 2.39. The minimum Gasteiger partial charge on any atom is -0.491 e. The summed E-state index contributed by atoms with van der Waals surface area (Å²) >= 11 is 3.36. The Labute approximate surface area is 160 Å². The van der Waals surface area contributed by atoms with Crippen LogP contribution in [-0.4, -0.2) is 36.1 Å². The van der Waals surface area contributed by atoms with Crippen LogP contribution in [0.3, 0.4) is 0 Å². The van der Waals surface area contributed by atoms with Gasteiger partial charge in [0.05, 0.1) is 0 Å². The van der Waals surface area contributed by atoms with Crippen LogP contribution in [0.4, 0.5) is 4.39 Å². The molecule has 2 rings (SSSR count). The van der Waals surface area contributed by atoms with E-state index in [2.05, 4.69) is 27.5 Å². The van der Waals surface area contributed by atoms with E-state index in [1.165, 1.54) is 12.3 Å². The summed E-state index contributed by atoms with van der Waals surface area (Å²) in [4.78, 5) is 16.2. The molecule has 0 heterocycles. The van der Waals surface area contributed by atoms with Gasteiger partial charge in [0, 0.05) is 17.1 Å². The Bertz CT molecular complexity index is 795. The molecular formula is C20H19BrFNO3. The summed E-state index contributed by atoms with van der Waals surface area (Å²) in [6.07, 6.45) is 2.92. The Balaban J connectivity index is 2.33. The lowest BCUT2D eigenvalue weighted by atomic mass is 9.91. The second kappa shape index (κ2) is 9.29. The average molecular weight is 420 g/mol. The summed E-state index contributed by atoms with van der Waals surface area (Å²) in [6, 6.07) is 14.4. The Kier molecular flexibility index (Phi) is 7.09. The molecule has 0 aliphatic carbocycles. The van der Waals surface area contributed by atoms with Crippen molar-refractivity contribution >= 4 is 28.1 Å². The summed E-state index contributed by atoms with van der Waals surface area (Å²) in [5, 5.41) is 9.77. The van der Waals surface area contributed by atoms with Crippen LogP contribution >= 0.6 is 15.9 Å². The molecule has 1 N–H and O–H groups in total. The molecule has 0 aliphatic heterocycles. The first kappa shape index (κ1) is 19.8. The zero-order chi connectivity index (χ0) is 19.0. The summed E-state index contributed by atoms with van der Waals surface area (Å²) < 4.78 is 18.3. The fourth-order valence-corrected chi connectivity index (χ4v) is 2.91. The SMILES string of the molecule is C=C[C@@](Cc1cc(Br)cc(OCCF)c1)(N=Cc1ccccc1)C(=O)O. The van der Waals surface area contributed by atoms with Gasteiger partial charge in [-0.3, -0.25) is 4.99 Å². The number of rotatable bonds is 9. The van der Waals surface area contributed by atoms with Crippen molar-refractivity contribution in [3.8, 4) is 5.75 Å². The van der Waals surface area contributed by atoms with Gasteiger partial charge < -0.3 is 9.84 Å². The second-order valence-electron chi connectivity index (χ2n) is 5.61. The highest BCUT2D eigenvalue weighted by molar-refractivity contribution is 9.10. The van der Waals surface area contributed by atoms with Gasteiger partial charge >= 0.3 is 5.97 Å². The molecule has 0 amide bonds. The van der Waals surface area contributed by atoms with E-state index in [0.717, 1.165) is 5.56 Å². The van der Waals surface area contributed by atoms with Gasteiger partial charge in [-0.05, 0) is 29.3 Å². The van der Waals surface area contributed by atoms with E-state index in [0.29, 0.717) is 15.8 Å². The summed E-state index contributed by atoms with van der Waals surface area (Å²) in [5.74, 6) is -0.645. The lowest BCUT2D eigenvalue weighted by Crippen LogP contribution is -2.37. The number of ether oxygens (including phenoxy) is 1. The van der Waals surface area contributed by atoms with Crippen molar-refractivity contribution < 1.29 is 19.0 Å². The van der Waals surface area contributed by atoms with Crippen LogP contribution < -0.4 is 4.74 Å². The van der Waals surface area contributed by atoms with Crippen molar-refractivity contribution in [3.05, 3.63) is 76.8 Å². The Morgan fingerprint density at radius 3 is 2.65 bits per heavy atom. The van der Waals surface area contributed by atoms with E-state index in [1.807, 2.05) is 30.3 Å². The second-order valence-corrected chi connectivity index (χ2v) is 6.53. The predicted molar refractivity (Wildman–Crippen MR) is 104 cm³/mol. The Morgan fingerprint density at radius 1 is 1.31 bits per heavy atom. The maximum Gasteiger partial charge on any atom is 0.335 e. The number of hydrogen-bond donors (Lipinski definition) is 1. The van der Waals surface area contributed by atoms with Crippen LogP contribution in [0, 0.1) is 0 Å². The zero-order valence-electron chi connectivity index (χ0n) is 14.1. The van der Waals surface area contributed by atoms with Crippen LogP contribution in [0.1, 0.15) is 11.1 Å². The van der Waals surface area contributed by atoms with Crippen LogP contribution in [-0.2, 0) is 11.2 Å². The first-order valence-corrected chi connectivity index (χ1v) is 8.74. The Morgan fingerprint density at radius 2 is 2.04 bits per heavy atom. The van der Waals surface area contributed by atoms with Gasteiger partial charge in [-0.2, -0.15) is 0 Å². The molecule has 0 unspecified atom stereocenters. The molecule has 26 heavy (non-hydrogen) atoms. The largest absolute Gasteiger partial charge is 0.491 e. The predicted octanol–water partition coefficient (Wildman–Crippen LogP) is 4.47. The van der Waals surface area contributed by atoms with Gasteiger partial charge in [0.1, 0.15) is 19.0 Å². The van der Waals surface area contributed by atoms with Crippen molar-refractivity contribution in [3.63, 3.8) is 0 Å². The van der Waals surface area contributed by atoms with Gasteiger partial charge in [0.25, 0.3) is 0 Å². The number of aliphatic imine (C=N–C) groups is 1. The molecule has 0 fully saturated rings. The highest BCUT2D eigenvalue weighted by atomic mass is 79.9. The average Bonchev–Trinajstić information content (AvgIpc) is 2.63. The molecule has 2 aromatic carbocycles. The molecule has 1 atom stereocenters. The quantitative estimate of drug-likeness (QED) is 0.481. The molecular weight excluding hydrogens is 401 g/mol. The number of carboxylic acids is 1.